The van der Waals surface area contributed by atoms with Crippen LogP contribution in [-0.4, -0.2) is 22.8 Å². The summed E-state index contributed by atoms with van der Waals surface area (Å²) in [5.74, 6) is 1.13. The van der Waals surface area contributed by atoms with Crippen LogP contribution in [0.25, 0.3) is 0 Å². The fraction of sp³-hybridized carbons (Fsp3) is 0.143. The van der Waals surface area contributed by atoms with Gasteiger partial charge in [-0.25, -0.2) is 4.79 Å². The van der Waals surface area contributed by atoms with Gasteiger partial charge in [0.1, 0.15) is 15.1 Å². The quantitative estimate of drug-likeness (QED) is 0.276. The van der Waals surface area contributed by atoms with Crippen molar-refractivity contribution < 1.29 is 23.8 Å². The number of Topliss-reactive ketones (excluding diaryl/α,β-unsaturated/α-hetero) is 1. The minimum absolute atomic E-state index is 0.0287. The molecule has 0 aromatic heterocycles. The maximum absolute atomic E-state index is 12.8. The van der Waals surface area contributed by atoms with Gasteiger partial charge in [0.2, 0.25) is 0 Å². The Morgan fingerprint density at radius 2 is 1.89 bits per heavy atom. The second-order valence-corrected chi connectivity index (χ2v) is 8.99. The number of esters is 1. The number of ether oxygens (including phenoxy) is 3. The number of benzene rings is 2. The summed E-state index contributed by atoms with van der Waals surface area (Å²) in [5.41, 5.74) is 1.52. The second-order valence-electron chi connectivity index (χ2n) is 6.57. The maximum atomic E-state index is 12.8. The van der Waals surface area contributed by atoms with Crippen LogP contribution in [-0.2, 0) is 15.1 Å². The molecule has 2 aromatic carbocycles. The zero-order valence-electron chi connectivity index (χ0n) is 14.5. The van der Waals surface area contributed by atoms with Crippen LogP contribution >= 0.6 is 45.2 Å². The van der Waals surface area contributed by atoms with Crippen molar-refractivity contribution in [2.24, 2.45) is 0 Å². The van der Waals surface area contributed by atoms with Crippen LogP contribution in [0.1, 0.15) is 21.5 Å². The van der Waals surface area contributed by atoms with Crippen molar-refractivity contribution in [3.63, 3.8) is 0 Å². The lowest BCUT2D eigenvalue weighted by atomic mass is 9.75. The molecule has 2 aromatic rings. The van der Waals surface area contributed by atoms with E-state index in [-0.39, 0.29) is 9.71 Å². The highest BCUT2D eigenvalue weighted by Crippen LogP contribution is 2.57. The molecule has 0 bridgehead atoms. The van der Waals surface area contributed by atoms with Crippen molar-refractivity contribution in [1.82, 2.24) is 0 Å². The topological polar surface area (TPSA) is 61.8 Å². The van der Waals surface area contributed by atoms with Gasteiger partial charge < -0.3 is 14.2 Å². The Morgan fingerprint density at radius 1 is 1.11 bits per heavy atom. The van der Waals surface area contributed by atoms with E-state index in [1.54, 1.807) is 19.2 Å². The van der Waals surface area contributed by atoms with E-state index in [0.717, 1.165) is 5.56 Å². The summed E-state index contributed by atoms with van der Waals surface area (Å²) in [5, 5.41) is 0. The van der Waals surface area contributed by atoms with E-state index < -0.39 is 11.6 Å². The first-order valence-electron chi connectivity index (χ1n) is 8.47. The van der Waals surface area contributed by atoms with Gasteiger partial charge in [0.25, 0.3) is 0 Å². The number of allylic oxidation sites excluding steroid dienone is 2. The number of hydrogen-bond acceptors (Lipinski definition) is 5. The molecule has 28 heavy (non-hydrogen) atoms. The minimum atomic E-state index is -1.15. The van der Waals surface area contributed by atoms with Gasteiger partial charge in [-0.2, -0.15) is 0 Å². The first kappa shape index (κ1) is 18.2. The maximum Gasteiger partial charge on any atom is 0.340 e. The third kappa shape index (κ3) is 2.28. The number of methoxy groups -OCH3 is 1. The van der Waals surface area contributed by atoms with Gasteiger partial charge >= 0.3 is 5.97 Å². The number of ketones is 1. The molecule has 3 aliphatic rings. The molecule has 0 amide bonds. The molecule has 1 spiro atoms. The first-order chi connectivity index (χ1) is 13.5. The van der Waals surface area contributed by atoms with Gasteiger partial charge in [-0.1, -0.05) is 46.9 Å². The summed E-state index contributed by atoms with van der Waals surface area (Å²) >= 11 is 4.10. The molecule has 2 heterocycles. The van der Waals surface area contributed by atoms with Crippen molar-refractivity contribution in [2.45, 2.75) is 9.53 Å². The fourth-order valence-electron chi connectivity index (χ4n) is 3.90. The number of carbonyl (C=O) groups excluding carboxylic acids is 2. The lowest BCUT2D eigenvalue weighted by Crippen LogP contribution is -2.39. The van der Waals surface area contributed by atoms with Gasteiger partial charge in [-0.05, 0) is 40.8 Å². The predicted molar refractivity (Wildman–Crippen MR) is 118 cm³/mol. The molecule has 2 aliphatic heterocycles. The smallest absolute Gasteiger partial charge is 0.340 e. The van der Waals surface area contributed by atoms with Crippen LogP contribution in [0.3, 0.4) is 0 Å². The van der Waals surface area contributed by atoms with E-state index in [2.05, 4.69) is 22.6 Å². The van der Waals surface area contributed by atoms with Crippen molar-refractivity contribution >= 4 is 56.9 Å². The average Bonchev–Trinajstić information content (AvgIpc) is 3.01. The van der Waals surface area contributed by atoms with Gasteiger partial charge in [0.05, 0.1) is 16.6 Å². The molecule has 7 heteroatoms. The number of rotatable bonds is 1. The average molecular weight is 598 g/mol. The summed E-state index contributed by atoms with van der Waals surface area (Å²) in [4.78, 5) is 25.4. The highest BCUT2D eigenvalue weighted by atomic mass is 127. The molecule has 2 unspecified atom stereocenters. The number of hydrogen-bond donors (Lipinski definition) is 0. The van der Waals surface area contributed by atoms with Crippen LogP contribution in [0.4, 0.5) is 0 Å². The monoisotopic (exact) mass is 598 g/mol. The summed E-state index contributed by atoms with van der Waals surface area (Å²) in [6.07, 6.45) is 1.84. The Balaban J connectivity index is 1.89. The lowest BCUT2D eigenvalue weighted by Gasteiger charge is -2.40. The molecule has 0 N–H and O–H groups in total. The Labute approximate surface area is 188 Å². The fourth-order valence-corrected chi connectivity index (χ4v) is 5.91. The molecule has 2 atom stereocenters. The van der Waals surface area contributed by atoms with Crippen LogP contribution in [0.15, 0.2) is 63.5 Å². The van der Waals surface area contributed by atoms with Gasteiger partial charge in [-0.15, -0.1) is 0 Å². The van der Waals surface area contributed by atoms with Crippen LogP contribution in [0.2, 0.25) is 0 Å². The summed E-state index contributed by atoms with van der Waals surface area (Å²) < 4.78 is 17.7. The normalized spacial score (nSPS) is 24.8. The summed E-state index contributed by atoms with van der Waals surface area (Å²) in [6, 6.07) is 12.8. The first-order valence-corrected chi connectivity index (χ1v) is 10.8. The van der Waals surface area contributed by atoms with Gasteiger partial charge in [0.15, 0.2) is 17.1 Å². The molecule has 0 saturated heterocycles. The summed E-state index contributed by atoms with van der Waals surface area (Å²) in [6.45, 7) is 0. The third-order valence-electron chi connectivity index (χ3n) is 5.16. The van der Waals surface area contributed by atoms with Gasteiger partial charge in [-0.3, -0.25) is 4.79 Å². The van der Waals surface area contributed by atoms with Crippen molar-refractivity contribution in [2.75, 3.05) is 7.11 Å². The molecule has 5 rings (SSSR count). The number of halogens is 2. The van der Waals surface area contributed by atoms with E-state index in [4.69, 9.17) is 14.2 Å². The van der Waals surface area contributed by atoms with E-state index >= 15 is 0 Å². The molecule has 0 saturated carbocycles. The number of alkyl halides is 1. The van der Waals surface area contributed by atoms with E-state index in [1.807, 2.05) is 59.0 Å². The number of carbonyl (C=O) groups is 2. The molecule has 1 aliphatic carbocycles. The number of fused-ring (bicyclic) bond motifs is 6. The highest BCUT2D eigenvalue weighted by Gasteiger charge is 2.56. The Hall–Kier alpha value is -1.88. The zero-order valence-corrected chi connectivity index (χ0v) is 18.8. The Bertz CT molecular complexity index is 1130. The van der Waals surface area contributed by atoms with Crippen molar-refractivity contribution in [3.05, 3.63) is 80.1 Å². The standard InChI is InChI=1S/C21H12I2O5/c1-26-10-6-7-13-16(8-10)27-19-14(9-15(22)18(24)17(19)23)21(13)12-5-3-2-4-11(12)20(25)28-21/h2-9,15H,1H3. The Morgan fingerprint density at radius 3 is 2.68 bits per heavy atom. The van der Waals surface area contributed by atoms with E-state index in [9.17, 15) is 9.59 Å². The van der Waals surface area contributed by atoms with Crippen molar-refractivity contribution in [3.8, 4) is 11.5 Å². The molecule has 140 valence electrons. The predicted octanol–water partition coefficient (Wildman–Crippen LogP) is 4.46. The van der Waals surface area contributed by atoms with Crippen LogP contribution < -0.4 is 9.47 Å². The molecular weight excluding hydrogens is 586 g/mol. The SMILES string of the molecule is COc1ccc2c(c1)OC1=C(I)C(=O)C(I)C=C1C21OC(=O)c2ccccc21. The zero-order chi connectivity index (χ0) is 19.6. The largest absolute Gasteiger partial charge is 0.497 e. The van der Waals surface area contributed by atoms with E-state index in [1.165, 1.54) is 0 Å². The van der Waals surface area contributed by atoms with E-state index in [0.29, 0.717) is 37.5 Å². The van der Waals surface area contributed by atoms with Crippen molar-refractivity contribution in [1.29, 1.82) is 0 Å². The second kappa shape index (κ2) is 6.31. The molecular formula is C21H12I2O5. The Kier molecular flexibility index (Phi) is 4.10. The molecule has 0 fully saturated rings. The lowest BCUT2D eigenvalue weighted by molar-refractivity contribution is -0.113. The van der Waals surface area contributed by atoms with Crippen LogP contribution in [0, 0.1) is 0 Å². The summed E-state index contributed by atoms with van der Waals surface area (Å²) in [7, 11) is 1.57. The third-order valence-corrected chi connectivity index (χ3v) is 7.10. The molecule has 5 nitrogen and oxygen atoms in total. The minimum Gasteiger partial charge on any atom is -0.497 e. The van der Waals surface area contributed by atoms with Gasteiger partial charge in [0, 0.05) is 22.8 Å². The highest BCUT2D eigenvalue weighted by molar-refractivity contribution is 14.1. The van der Waals surface area contributed by atoms with Crippen LogP contribution in [0.5, 0.6) is 11.5 Å². The molecule has 0 radical (unpaired) electrons.